The summed E-state index contributed by atoms with van der Waals surface area (Å²) in [6.45, 7) is 12.1. The van der Waals surface area contributed by atoms with Crippen molar-refractivity contribution in [2.24, 2.45) is 0 Å². The molecule has 8 heteroatoms. The van der Waals surface area contributed by atoms with Gasteiger partial charge in [0.1, 0.15) is 17.4 Å². The fraction of sp³-hybridized carbons (Fsp3) is 0.440. The minimum Gasteiger partial charge on any atom is -0.486 e. The number of rotatable bonds is 9. The van der Waals surface area contributed by atoms with Gasteiger partial charge < -0.3 is 14.4 Å². The number of carbonyl (C=O) groups is 1. The molecule has 3 aromatic rings. The molecule has 0 atom stereocenters. The highest BCUT2D eigenvalue weighted by Gasteiger charge is 2.20. The third-order valence-corrected chi connectivity index (χ3v) is 7.61. The smallest absolute Gasteiger partial charge is 0.264 e. The number of thiophene rings is 1. The van der Waals surface area contributed by atoms with Gasteiger partial charge >= 0.3 is 0 Å². The van der Waals surface area contributed by atoms with Gasteiger partial charge in [-0.05, 0) is 55.0 Å². The second-order valence-corrected chi connectivity index (χ2v) is 10.3. The molecule has 0 N–H and O–H groups in total. The number of ether oxygens (including phenoxy) is 2. The van der Waals surface area contributed by atoms with Gasteiger partial charge in [-0.15, -0.1) is 22.7 Å². The Bertz CT molecular complexity index is 1060. The van der Waals surface area contributed by atoms with Crippen LogP contribution >= 0.6 is 22.7 Å². The molecule has 0 bridgehead atoms. The van der Waals surface area contributed by atoms with Gasteiger partial charge in [-0.25, -0.2) is 4.98 Å². The second kappa shape index (κ2) is 11.2. The molecule has 6 nitrogen and oxygen atoms in total. The molecular formula is C25H31N3O3S2. The summed E-state index contributed by atoms with van der Waals surface area (Å²) in [5.74, 6) is 0.971. The molecule has 1 aromatic carbocycles. The average molecular weight is 486 g/mol. The lowest BCUT2D eigenvalue weighted by atomic mass is 10.1. The first kappa shape index (κ1) is 23.9. The maximum absolute atomic E-state index is 13.1. The normalized spacial score (nSPS) is 14.4. The summed E-state index contributed by atoms with van der Waals surface area (Å²) < 4.78 is 11.5. The molecule has 33 heavy (non-hydrogen) atoms. The van der Waals surface area contributed by atoms with E-state index in [1.807, 2.05) is 27.8 Å². The largest absolute Gasteiger partial charge is 0.486 e. The van der Waals surface area contributed by atoms with Crippen molar-refractivity contribution in [3.63, 3.8) is 0 Å². The number of hydrogen-bond donors (Lipinski definition) is 0. The molecule has 0 saturated carbocycles. The number of thiazole rings is 1. The molecule has 1 fully saturated rings. The zero-order valence-electron chi connectivity index (χ0n) is 19.5. The summed E-state index contributed by atoms with van der Waals surface area (Å²) in [4.78, 5) is 22.9. The Hall–Kier alpha value is -2.26. The summed E-state index contributed by atoms with van der Waals surface area (Å²) in [7, 11) is 0. The lowest BCUT2D eigenvalue weighted by Crippen LogP contribution is -2.42. The molecule has 0 spiro atoms. The summed E-state index contributed by atoms with van der Waals surface area (Å²) >= 11 is 3.07. The van der Waals surface area contributed by atoms with E-state index in [0.29, 0.717) is 19.7 Å². The predicted octanol–water partition coefficient (Wildman–Crippen LogP) is 4.68. The summed E-state index contributed by atoms with van der Waals surface area (Å²) in [6.07, 6.45) is 0. The number of aryl methyl sites for hydroxylation is 2. The standard InChI is InChI=1S/C25H31N3O3S2/c1-18-13-19(2)20(3)22(14-18)31-16-24-26-21(17-33-24)15-28(25(29)23-5-4-12-32-23)7-6-27-8-10-30-11-9-27/h4-5,12-14,17H,6-11,15-16H2,1-3H3. The molecule has 1 saturated heterocycles. The average Bonchev–Trinajstić information content (AvgIpc) is 3.51. The van der Waals surface area contributed by atoms with E-state index in [4.69, 9.17) is 14.5 Å². The van der Waals surface area contributed by atoms with Gasteiger partial charge in [0.15, 0.2) is 0 Å². The van der Waals surface area contributed by atoms with E-state index in [-0.39, 0.29) is 5.91 Å². The molecule has 1 amide bonds. The van der Waals surface area contributed by atoms with Crippen LogP contribution in [0.25, 0.3) is 0 Å². The zero-order valence-corrected chi connectivity index (χ0v) is 21.1. The van der Waals surface area contributed by atoms with Crippen LogP contribution in [0.5, 0.6) is 5.75 Å². The van der Waals surface area contributed by atoms with Gasteiger partial charge in [0, 0.05) is 31.6 Å². The highest BCUT2D eigenvalue weighted by molar-refractivity contribution is 7.12. The predicted molar refractivity (Wildman–Crippen MR) is 133 cm³/mol. The number of nitrogens with zero attached hydrogens (tertiary/aromatic N) is 3. The first-order valence-corrected chi connectivity index (χ1v) is 13.0. The quantitative estimate of drug-likeness (QED) is 0.440. The van der Waals surface area contributed by atoms with Crippen molar-refractivity contribution < 1.29 is 14.3 Å². The molecule has 0 radical (unpaired) electrons. The van der Waals surface area contributed by atoms with Crippen LogP contribution in [0.4, 0.5) is 0 Å². The highest BCUT2D eigenvalue weighted by Crippen LogP contribution is 2.25. The fourth-order valence-corrected chi connectivity index (χ4v) is 5.26. The van der Waals surface area contributed by atoms with Crippen molar-refractivity contribution in [1.29, 1.82) is 0 Å². The number of morpholine rings is 1. The number of amides is 1. The van der Waals surface area contributed by atoms with Crippen LogP contribution in [-0.2, 0) is 17.9 Å². The van der Waals surface area contributed by atoms with Crippen LogP contribution in [0.1, 0.15) is 37.1 Å². The van der Waals surface area contributed by atoms with E-state index in [2.05, 4.69) is 37.8 Å². The van der Waals surface area contributed by atoms with E-state index in [1.54, 1.807) is 11.3 Å². The topological polar surface area (TPSA) is 54.9 Å². The van der Waals surface area contributed by atoms with Crippen molar-refractivity contribution in [3.05, 3.63) is 67.3 Å². The van der Waals surface area contributed by atoms with Crippen molar-refractivity contribution in [2.45, 2.75) is 33.9 Å². The van der Waals surface area contributed by atoms with E-state index >= 15 is 0 Å². The Labute approximate surface area is 203 Å². The first-order chi connectivity index (χ1) is 16.0. The number of benzene rings is 1. The van der Waals surface area contributed by atoms with Crippen LogP contribution in [-0.4, -0.2) is 60.1 Å². The molecular weight excluding hydrogens is 454 g/mol. The monoisotopic (exact) mass is 485 g/mol. The van der Waals surface area contributed by atoms with E-state index < -0.39 is 0 Å². The number of carbonyl (C=O) groups excluding carboxylic acids is 1. The van der Waals surface area contributed by atoms with Crippen molar-refractivity contribution >= 4 is 28.6 Å². The minimum absolute atomic E-state index is 0.0647. The third kappa shape index (κ3) is 6.41. The van der Waals surface area contributed by atoms with Gasteiger partial charge in [-0.1, -0.05) is 12.1 Å². The van der Waals surface area contributed by atoms with Gasteiger partial charge in [-0.3, -0.25) is 9.69 Å². The summed E-state index contributed by atoms with van der Waals surface area (Å²) in [6, 6.07) is 8.05. The molecule has 2 aromatic heterocycles. The summed E-state index contributed by atoms with van der Waals surface area (Å²) in [5.41, 5.74) is 4.49. The molecule has 1 aliphatic rings. The SMILES string of the molecule is Cc1cc(C)c(C)c(OCc2nc(CN(CCN3CCOCC3)C(=O)c3cccs3)cs2)c1. The molecule has 0 aliphatic carbocycles. The van der Waals surface area contributed by atoms with Gasteiger partial charge in [0.05, 0.1) is 30.3 Å². The van der Waals surface area contributed by atoms with Crippen molar-refractivity contribution in [2.75, 3.05) is 39.4 Å². The third-order valence-electron chi connectivity index (χ3n) is 5.88. The Balaban J connectivity index is 1.40. The molecule has 176 valence electrons. The molecule has 1 aliphatic heterocycles. The van der Waals surface area contributed by atoms with Crippen LogP contribution in [0.3, 0.4) is 0 Å². The Morgan fingerprint density at radius 1 is 1.21 bits per heavy atom. The number of aromatic nitrogens is 1. The Morgan fingerprint density at radius 2 is 2.03 bits per heavy atom. The van der Waals surface area contributed by atoms with Crippen LogP contribution < -0.4 is 4.74 Å². The first-order valence-electron chi connectivity index (χ1n) is 11.3. The van der Waals surface area contributed by atoms with Gasteiger partial charge in [0.2, 0.25) is 0 Å². The van der Waals surface area contributed by atoms with Crippen LogP contribution in [0.15, 0.2) is 35.0 Å². The minimum atomic E-state index is 0.0647. The molecule has 0 unspecified atom stereocenters. The van der Waals surface area contributed by atoms with E-state index in [1.165, 1.54) is 22.5 Å². The second-order valence-electron chi connectivity index (χ2n) is 8.38. The molecule has 4 rings (SSSR count). The van der Waals surface area contributed by atoms with Gasteiger partial charge in [-0.2, -0.15) is 0 Å². The maximum atomic E-state index is 13.1. The fourth-order valence-electron chi connectivity index (χ4n) is 3.87. The summed E-state index contributed by atoms with van der Waals surface area (Å²) in [5, 5.41) is 4.90. The van der Waals surface area contributed by atoms with E-state index in [0.717, 1.165) is 59.7 Å². The Morgan fingerprint density at radius 3 is 2.79 bits per heavy atom. The zero-order chi connectivity index (χ0) is 23.2. The van der Waals surface area contributed by atoms with E-state index in [9.17, 15) is 4.79 Å². The van der Waals surface area contributed by atoms with Crippen LogP contribution in [0.2, 0.25) is 0 Å². The Kier molecular flexibility index (Phi) is 8.14. The lowest BCUT2D eigenvalue weighted by Gasteiger charge is -2.29. The van der Waals surface area contributed by atoms with Gasteiger partial charge in [0.25, 0.3) is 5.91 Å². The van der Waals surface area contributed by atoms with Crippen molar-refractivity contribution in [3.8, 4) is 5.75 Å². The maximum Gasteiger partial charge on any atom is 0.264 e. The molecule has 3 heterocycles. The number of hydrogen-bond acceptors (Lipinski definition) is 7. The van der Waals surface area contributed by atoms with Crippen molar-refractivity contribution in [1.82, 2.24) is 14.8 Å². The highest BCUT2D eigenvalue weighted by atomic mass is 32.1. The lowest BCUT2D eigenvalue weighted by molar-refractivity contribution is 0.0320. The van der Waals surface area contributed by atoms with Crippen LogP contribution in [0, 0.1) is 20.8 Å².